The van der Waals surface area contributed by atoms with E-state index in [4.69, 9.17) is 0 Å². The number of aromatic amines is 1. The molecule has 0 spiro atoms. The molecule has 0 fully saturated rings. The molecule has 2 aromatic heterocycles. The maximum Gasteiger partial charge on any atom is 0.258 e. The molecular formula is C7H5N3OS. The van der Waals surface area contributed by atoms with E-state index in [9.17, 15) is 4.79 Å². The Bertz CT molecular complexity index is 420. The Morgan fingerprint density at radius 1 is 1.50 bits per heavy atom. The van der Waals surface area contributed by atoms with Gasteiger partial charge in [0, 0.05) is 6.20 Å². The van der Waals surface area contributed by atoms with Crippen molar-refractivity contribution >= 4 is 11.3 Å². The van der Waals surface area contributed by atoms with E-state index in [0.717, 1.165) is 0 Å². The zero-order valence-electron chi connectivity index (χ0n) is 6.02. The van der Waals surface area contributed by atoms with Gasteiger partial charge in [-0.2, -0.15) is 0 Å². The van der Waals surface area contributed by atoms with E-state index in [1.54, 1.807) is 23.8 Å². The molecule has 12 heavy (non-hydrogen) atoms. The third-order valence-corrected chi connectivity index (χ3v) is 2.13. The summed E-state index contributed by atoms with van der Waals surface area (Å²) in [6.45, 7) is 0. The minimum absolute atomic E-state index is 0.130. The first kappa shape index (κ1) is 7.17. The lowest BCUT2D eigenvalue weighted by molar-refractivity contribution is 1.09. The summed E-state index contributed by atoms with van der Waals surface area (Å²) in [6, 6.07) is 3.48. The van der Waals surface area contributed by atoms with Gasteiger partial charge in [0.05, 0.1) is 5.56 Å². The van der Waals surface area contributed by atoms with Gasteiger partial charge in [0.2, 0.25) is 0 Å². The molecule has 0 radical (unpaired) electrons. The Morgan fingerprint density at radius 3 is 3.08 bits per heavy atom. The van der Waals surface area contributed by atoms with Gasteiger partial charge >= 0.3 is 0 Å². The zero-order valence-corrected chi connectivity index (χ0v) is 6.84. The maximum atomic E-state index is 11.2. The van der Waals surface area contributed by atoms with E-state index in [-0.39, 0.29) is 5.56 Å². The topological polar surface area (TPSA) is 58.6 Å². The summed E-state index contributed by atoms with van der Waals surface area (Å²) in [7, 11) is 0. The Hall–Kier alpha value is -1.49. The van der Waals surface area contributed by atoms with Gasteiger partial charge in [-0.05, 0) is 12.1 Å². The van der Waals surface area contributed by atoms with Crippen molar-refractivity contribution < 1.29 is 0 Å². The first-order valence-electron chi connectivity index (χ1n) is 3.32. The molecule has 4 nitrogen and oxygen atoms in total. The number of rotatable bonds is 1. The molecule has 2 aromatic rings. The maximum absolute atomic E-state index is 11.2. The summed E-state index contributed by atoms with van der Waals surface area (Å²) in [5, 5.41) is 8.10. The smallest absolute Gasteiger partial charge is 0.258 e. The Morgan fingerprint density at radius 2 is 2.42 bits per heavy atom. The average molecular weight is 179 g/mol. The van der Waals surface area contributed by atoms with Crippen LogP contribution in [0.2, 0.25) is 0 Å². The van der Waals surface area contributed by atoms with Crippen molar-refractivity contribution in [2.24, 2.45) is 0 Å². The summed E-state index contributed by atoms with van der Waals surface area (Å²) < 4.78 is 0. The highest BCUT2D eigenvalue weighted by molar-refractivity contribution is 7.12. The molecular weight excluding hydrogens is 174 g/mol. The van der Waals surface area contributed by atoms with Crippen LogP contribution < -0.4 is 5.56 Å². The molecule has 0 atom stereocenters. The van der Waals surface area contributed by atoms with E-state index in [1.165, 1.54) is 11.3 Å². The number of hydrogen-bond acceptors (Lipinski definition) is 4. The zero-order chi connectivity index (χ0) is 8.39. The monoisotopic (exact) mass is 179 g/mol. The van der Waals surface area contributed by atoms with Gasteiger partial charge in [0.25, 0.3) is 5.56 Å². The minimum Gasteiger partial charge on any atom is -0.329 e. The van der Waals surface area contributed by atoms with E-state index < -0.39 is 0 Å². The lowest BCUT2D eigenvalue weighted by Crippen LogP contribution is -2.06. The van der Waals surface area contributed by atoms with Gasteiger partial charge in [-0.15, -0.1) is 10.2 Å². The van der Waals surface area contributed by atoms with E-state index >= 15 is 0 Å². The second-order valence-corrected chi connectivity index (χ2v) is 2.99. The molecule has 2 heterocycles. The van der Waals surface area contributed by atoms with Crippen LogP contribution in [0.3, 0.4) is 0 Å². The summed E-state index contributed by atoms with van der Waals surface area (Å²) in [6.07, 6.45) is 1.59. The molecule has 0 unspecified atom stereocenters. The molecule has 0 amide bonds. The lowest BCUT2D eigenvalue weighted by Gasteiger charge is -1.90. The van der Waals surface area contributed by atoms with Gasteiger partial charge < -0.3 is 4.98 Å². The fraction of sp³-hybridized carbons (Fsp3) is 0. The van der Waals surface area contributed by atoms with Crippen molar-refractivity contribution in [1.82, 2.24) is 15.2 Å². The van der Waals surface area contributed by atoms with Crippen LogP contribution in [0, 0.1) is 0 Å². The van der Waals surface area contributed by atoms with Crippen LogP contribution in [0.25, 0.3) is 10.6 Å². The van der Waals surface area contributed by atoms with Crippen molar-refractivity contribution in [3.63, 3.8) is 0 Å². The van der Waals surface area contributed by atoms with Crippen LogP contribution in [0.1, 0.15) is 0 Å². The van der Waals surface area contributed by atoms with Crippen LogP contribution in [0.5, 0.6) is 0 Å². The molecule has 0 aliphatic carbocycles. The van der Waals surface area contributed by atoms with Crippen LogP contribution in [0.4, 0.5) is 0 Å². The Labute approximate surface area is 71.9 Å². The highest BCUT2D eigenvalue weighted by atomic mass is 32.1. The molecule has 0 saturated heterocycles. The molecule has 1 N–H and O–H groups in total. The van der Waals surface area contributed by atoms with E-state index in [0.29, 0.717) is 10.6 Å². The quantitative estimate of drug-likeness (QED) is 0.707. The first-order valence-corrected chi connectivity index (χ1v) is 4.20. The van der Waals surface area contributed by atoms with Crippen molar-refractivity contribution in [2.45, 2.75) is 0 Å². The first-order chi connectivity index (χ1) is 5.88. The van der Waals surface area contributed by atoms with Crippen LogP contribution >= 0.6 is 11.3 Å². The number of H-pyrrole nitrogens is 1. The summed E-state index contributed by atoms with van der Waals surface area (Å²) in [5.74, 6) is 0. The molecule has 0 bridgehead atoms. The molecule has 2 rings (SSSR count). The predicted octanol–water partition coefficient (Wildman–Crippen LogP) is 0.893. The standard InChI is InChI=1S/C7H5N3OS/c11-6-5(2-1-3-8-6)7-10-9-4-12-7/h1-4H,(H,8,11). The van der Waals surface area contributed by atoms with Crippen molar-refractivity contribution in [2.75, 3.05) is 0 Å². The summed E-state index contributed by atoms with van der Waals surface area (Å²) in [5.41, 5.74) is 2.04. The number of aromatic nitrogens is 3. The van der Waals surface area contributed by atoms with Gasteiger partial charge in [0.15, 0.2) is 5.01 Å². The molecule has 0 aliphatic heterocycles. The molecule has 0 aliphatic rings. The predicted molar refractivity (Wildman–Crippen MR) is 46.0 cm³/mol. The average Bonchev–Trinajstić information content (AvgIpc) is 2.57. The van der Waals surface area contributed by atoms with Gasteiger partial charge in [-0.1, -0.05) is 11.3 Å². The Balaban J connectivity index is 2.63. The Kier molecular flexibility index (Phi) is 1.71. The molecule has 0 aromatic carbocycles. The van der Waals surface area contributed by atoms with Crippen molar-refractivity contribution in [1.29, 1.82) is 0 Å². The van der Waals surface area contributed by atoms with Gasteiger partial charge in [0.1, 0.15) is 5.51 Å². The molecule has 0 saturated carbocycles. The molecule has 60 valence electrons. The minimum atomic E-state index is -0.130. The highest BCUT2D eigenvalue weighted by Crippen LogP contribution is 2.14. The normalized spacial score (nSPS) is 10.0. The second kappa shape index (κ2) is 2.86. The SMILES string of the molecule is O=c1[nH]cccc1-c1nncs1. The van der Waals surface area contributed by atoms with Crippen molar-refractivity contribution in [3.8, 4) is 10.6 Å². The third kappa shape index (κ3) is 1.14. The van der Waals surface area contributed by atoms with E-state index in [2.05, 4.69) is 15.2 Å². The highest BCUT2D eigenvalue weighted by Gasteiger charge is 2.03. The second-order valence-electron chi connectivity index (χ2n) is 2.16. The van der Waals surface area contributed by atoms with Crippen molar-refractivity contribution in [3.05, 3.63) is 34.2 Å². The largest absolute Gasteiger partial charge is 0.329 e. The number of nitrogens with zero attached hydrogens (tertiary/aromatic N) is 2. The summed E-state index contributed by atoms with van der Waals surface area (Å²) >= 11 is 1.35. The molecule has 5 heteroatoms. The van der Waals surface area contributed by atoms with Crippen LogP contribution in [-0.2, 0) is 0 Å². The third-order valence-electron chi connectivity index (χ3n) is 1.41. The number of nitrogens with one attached hydrogen (secondary N) is 1. The fourth-order valence-corrected chi connectivity index (χ4v) is 1.46. The van der Waals surface area contributed by atoms with Gasteiger partial charge in [-0.3, -0.25) is 4.79 Å². The van der Waals surface area contributed by atoms with E-state index in [1.807, 2.05) is 0 Å². The number of pyridine rings is 1. The van der Waals surface area contributed by atoms with Gasteiger partial charge in [-0.25, -0.2) is 0 Å². The lowest BCUT2D eigenvalue weighted by atomic mass is 10.3. The van der Waals surface area contributed by atoms with Crippen LogP contribution in [0.15, 0.2) is 28.6 Å². The summed E-state index contributed by atoms with van der Waals surface area (Å²) in [4.78, 5) is 13.8. The van der Waals surface area contributed by atoms with Crippen LogP contribution in [-0.4, -0.2) is 15.2 Å². The number of hydrogen-bond donors (Lipinski definition) is 1. The fourth-order valence-electron chi connectivity index (χ4n) is 0.880.